The average molecular weight is 267 g/mol. The molecule has 2 heterocycles. The highest BCUT2D eigenvalue weighted by Gasteiger charge is 2.10. The molecule has 0 radical (unpaired) electrons. The molecular formula is C16H17N3O. The van der Waals surface area contributed by atoms with Crippen molar-refractivity contribution in [3.8, 4) is 11.8 Å². The van der Waals surface area contributed by atoms with Gasteiger partial charge in [0.2, 0.25) is 0 Å². The molecule has 20 heavy (non-hydrogen) atoms. The molecular weight excluding hydrogens is 250 g/mol. The third-order valence-electron chi connectivity index (χ3n) is 3.26. The zero-order chi connectivity index (χ0) is 13.9. The van der Waals surface area contributed by atoms with Crippen LogP contribution >= 0.6 is 0 Å². The van der Waals surface area contributed by atoms with Crippen LogP contribution in [-0.2, 0) is 13.5 Å². The highest BCUT2D eigenvalue weighted by Crippen LogP contribution is 2.24. The summed E-state index contributed by atoms with van der Waals surface area (Å²) in [6, 6.07) is 12.5. The molecule has 0 aliphatic heterocycles. The Morgan fingerprint density at radius 2 is 1.95 bits per heavy atom. The van der Waals surface area contributed by atoms with E-state index in [0.29, 0.717) is 6.01 Å². The third-order valence-corrected chi connectivity index (χ3v) is 3.26. The minimum absolute atomic E-state index is 0.557. The number of imidazole rings is 1. The van der Waals surface area contributed by atoms with Crippen LogP contribution in [0.3, 0.4) is 0 Å². The van der Waals surface area contributed by atoms with Crippen molar-refractivity contribution in [2.24, 2.45) is 7.05 Å². The van der Waals surface area contributed by atoms with Gasteiger partial charge in [-0.2, -0.15) is 4.98 Å². The molecule has 2 aromatic heterocycles. The van der Waals surface area contributed by atoms with Crippen LogP contribution in [0.15, 0.2) is 42.6 Å². The fourth-order valence-electron chi connectivity index (χ4n) is 2.21. The van der Waals surface area contributed by atoms with Crippen LogP contribution in [0.1, 0.15) is 18.9 Å². The van der Waals surface area contributed by atoms with Crippen molar-refractivity contribution in [1.82, 2.24) is 14.5 Å². The van der Waals surface area contributed by atoms with E-state index in [-0.39, 0.29) is 0 Å². The van der Waals surface area contributed by atoms with Crippen molar-refractivity contribution in [2.75, 3.05) is 0 Å². The van der Waals surface area contributed by atoms with E-state index in [0.717, 1.165) is 29.8 Å². The number of aromatic nitrogens is 3. The molecule has 1 aromatic carbocycles. The summed E-state index contributed by atoms with van der Waals surface area (Å²) in [5.41, 5.74) is 2.99. The summed E-state index contributed by atoms with van der Waals surface area (Å²) < 4.78 is 7.70. The lowest BCUT2D eigenvalue weighted by molar-refractivity contribution is 0.427. The van der Waals surface area contributed by atoms with E-state index in [1.807, 2.05) is 35.9 Å². The van der Waals surface area contributed by atoms with Gasteiger partial charge in [-0.3, -0.25) is 4.57 Å². The third kappa shape index (κ3) is 2.37. The van der Waals surface area contributed by atoms with Crippen LogP contribution in [0.2, 0.25) is 0 Å². The predicted octanol–water partition coefficient (Wildman–Crippen LogP) is 3.71. The highest BCUT2D eigenvalue weighted by atomic mass is 16.5. The molecule has 0 unspecified atom stereocenters. The van der Waals surface area contributed by atoms with Crippen LogP contribution < -0.4 is 4.74 Å². The number of aryl methyl sites for hydroxylation is 2. The molecule has 0 fully saturated rings. The zero-order valence-corrected chi connectivity index (χ0v) is 11.7. The second kappa shape index (κ2) is 5.33. The van der Waals surface area contributed by atoms with Gasteiger partial charge in [0.25, 0.3) is 0 Å². The van der Waals surface area contributed by atoms with Gasteiger partial charge in [-0.15, -0.1) is 0 Å². The van der Waals surface area contributed by atoms with Gasteiger partial charge in [0, 0.05) is 13.2 Å². The average Bonchev–Trinajstić information content (AvgIpc) is 2.79. The Morgan fingerprint density at radius 3 is 2.65 bits per heavy atom. The summed E-state index contributed by atoms with van der Waals surface area (Å²) >= 11 is 0. The Labute approximate surface area is 118 Å². The molecule has 0 bridgehead atoms. The first kappa shape index (κ1) is 12.7. The van der Waals surface area contributed by atoms with Crippen molar-refractivity contribution >= 4 is 11.2 Å². The van der Waals surface area contributed by atoms with E-state index in [4.69, 9.17) is 4.74 Å². The molecule has 0 atom stereocenters. The van der Waals surface area contributed by atoms with Crippen molar-refractivity contribution in [1.29, 1.82) is 0 Å². The molecule has 3 rings (SSSR count). The number of nitrogens with zero attached hydrogens (tertiary/aromatic N) is 3. The number of rotatable bonds is 4. The van der Waals surface area contributed by atoms with Crippen LogP contribution in [0.5, 0.6) is 11.8 Å². The number of hydrogen-bond acceptors (Lipinski definition) is 3. The summed E-state index contributed by atoms with van der Waals surface area (Å²) in [5.74, 6) is 0.795. The molecule has 0 saturated carbocycles. The van der Waals surface area contributed by atoms with E-state index in [1.165, 1.54) is 5.56 Å². The largest absolute Gasteiger partial charge is 0.425 e. The number of fused-ring (bicyclic) bond motifs is 1. The first-order valence-corrected chi connectivity index (χ1v) is 6.82. The summed E-state index contributed by atoms with van der Waals surface area (Å²) in [4.78, 5) is 8.75. The molecule has 0 saturated heterocycles. The zero-order valence-electron chi connectivity index (χ0n) is 11.7. The smallest absolute Gasteiger partial charge is 0.303 e. The van der Waals surface area contributed by atoms with Crippen molar-refractivity contribution in [3.05, 3.63) is 48.2 Å². The Bertz CT molecular complexity index is 716. The minimum Gasteiger partial charge on any atom is -0.425 e. The molecule has 102 valence electrons. The fourth-order valence-corrected chi connectivity index (χ4v) is 2.21. The number of hydrogen-bond donors (Lipinski definition) is 0. The van der Waals surface area contributed by atoms with E-state index in [2.05, 4.69) is 29.0 Å². The Morgan fingerprint density at radius 1 is 1.15 bits per heavy atom. The molecule has 4 heteroatoms. The maximum absolute atomic E-state index is 5.84. The number of benzene rings is 1. The van der Waals surface area contributed by atoms with Crippen LogP contribution in [0.25, 0.3) is 11.2 Å². The van der Waals surface area contributed by atoms with Crippen molar-refractivity contribution in [3.63, 3.8) is 0 Å². The molecule has 0 N–H and O–H groups in total. The van der Waals surface area contributed by atoms with Gasteiger partial charge in [0.15, 0.2) is 5.65 Å². The van der Waals surface area contributed by atoms with E-state index < -0.39 is 0 Å². The van der Waals surface area contributed by atoms with Crippen LogP contribution in [0, 0.1) is 0 Å². The molecule has 0 aliphatic carbocycles. The van der Waals surface area contributed by atoms with Gasteiger partial charge in [-0.1, -0.05) is 25.5 Å². The summed E-state index contributed by atoms with van der Waals surface area (Å²) in [7, 11) is 1.91. The van der Waals surface area contributed by atoms with Gasteiger partial charge < -0.3 is 4.74 Å². The first-order chi connectivity index (χ1) is 9.78. The predicted molar refractivity (Wildman–Crippen MR) is 79.0 cm³/mol. The van der Waals surface area contributed by atoms with Crippen molar-refractivity contribution in [2.45, 2.75) is 19.8 Å². The van der Waals surface area contributed by atoms with E-state index in [9.17, 15) is 0 Å². The summed E-state index contributed by atoms with van der Waals surface area (Å²) in [6.45, 7) is 2.18. The van der Waals surface area contributed by atoms with Crippen LogP contribution in [-0.4, -0.2) is 14.5 Å². The lowest BCUT2D eigenvalue weighted by Gasteiger charge is -2.05. The Hall–Kier alpha value is -2.36. The number of ether oxygens (including phenoxy) is 1. The lowest BCUT2D eigenvalue weighted by atomic mass is 10.1. The van der Waals surface area contributed by atoms with Crippen LogP contribution in [0.4, 0.5) is 0 Å². The topological polar surface area (TPSA) is 39.9 Å². The van der Waals surface area contributed by atoms with Gasteiger partial charge in [0.1, 0.15) is 11.3 Å². The second-order valence-corrected chi connectivity index (χ2v) is 4.80. The standard InChI is InChI=1S/C16H17N3O/c1-3-5-12-7-9-13(10-8-12)20-16-18-14-6-4-11-17-15(14)19(16)2/h4,6-11H,3,5H2,1-2H3. The molecule has 0 spiro atoms. The lowest BCUT2D eigenvalue weighted by Crippen LogP contribution is -1.95. The van der Waals surface area contributed by atoms with E-state index in [1.54, 1.807) is 6.20 Å². The normalized spacial score (nSPS) is 10.9. The molecule has 0 amide bonds. The fraction of sp³-hybridized carbons (Fsp3) is 0.250. The molecule has 4 nitrogen and oxygen atoms in total. The quantitative estimate of drug-likeness (QED) is 0.723. The van der Waals surface area contributed by atoms with Gasteiger partial charge in [-0.05, 0) is 36.2 Å². The monoisotopic (exact) mass is 267 g/mol. The summed E-state index contributed by atoms with van der Waals surface area (Å²) in [6.07, 6.45) is 4.00. The molecule has 0 aliphatic rings. The minimum atomic E-state index is 0.557. The van der Waals surface area contributed by atoms with Gasteiger partial charge in [0.05, 0.1) is 0 Å². The molecule has 3 aromatic rings. The van der Waals surface area contributed by atoms with Gasteiger partial charge >= 0.3 is 6.01 Å². The van der Waals surface area contributed by atoms with E-state index >= 15 is 0 Å². The number of pyridine rings is 1. The summed E-state index contributed by atoms with van der Waals surface area (Å²) in [5, 5.41) is 0. The Kier molecular flexibility index (Phi) is 3.37. The SMILES string of the molecule is CCCc1ccc(Oc2nc3cccnc3n2C)cc1. The highest BCUT2D eigenvalue weighted by molar-refractivity contribution is 5.71. The van der Waals surface area contributed by atoms with Crippen molar-refractivity contribution < 1.29 is 4.74 Å². The maximum atomic E-state index is 5.84. The maximum Gasteiger partial charge on any atom is 0.303 e. The van der Waals surface area contributed by atoms with Gasteiger partial charge in [-0.25, -0.2) is 4.98 Å². The second-order valence-electron chi connectivity index (χ2n) is 4.80. The first-order valence-electron chi connectivity index (χ1n) is 6.82. The Balaban J connectivity index is 1.87.